The smallest absolute Gasteiger partial charge is 0.222 e. The van der Waals surface area contributed by atoms with E-state index >= 15 is 0 Å². The Hall–Kier alpha value is -1.82. The van der Waals surface area contributed by atoms with E-state index in [1.54, 1.807) is 4.90 Å². The SMILES string of the molecule is CCC(=O)N(CCC#N)Cc1ccccc1. The van der Waals surface area contributed by atoms with Crippen LogP contribution in [0.25, 0.3) is 0 Å². The summed E-state index contributed by atoms with van der Waals surface area (Å²) in [6, 6.07) is 11.9. The maximum absolute atomic E-state index is 11.6. The highest BCUT2D eigenvalue weighted by atomic mass is 16.2. The molecule has 0 bridgehead atoms. The molecular weight excluding hydrogens is 200 g/mol. The quantitative estimate of drug-likeness (QED) is 0.758. The summed E-state index contributed by atoms with van der Waals surface area (Å²) in [4.78, 5) is 13.4. The van der Waals surface area contributed by atoms with Crippen LogP contribution in [0, 0.1) is 11.3 Å². The topological polar surface area (TPSA) is 44.1 Å². The second-order valence-electron chi connectivity index (χ2n) is 3.56. The van der Waals surface area contributed by atoms with Crippen molar-refractivity contribution in [3.8, 4) is 6.07 Å². The van der Waals surface area contributed by atoms with Crippen molar-refractivity contribution < 1.29 is 4.79 Å². The largest absolute Gasteiger partial charge is 0.337 e. The average Bonchev–Trinajstić information content (AvgIpc) is 2.34. The van der Waals surface area contributed by atoms with Gasteiger partial charge in [-0.3, -0.25) is 4.79 Å². The van der Waals surface area contributed by atoms with Crippen molar-refractivity contribution in [1.29, 1.82) is 5.26 Å². The average molecular weight is 216 g/mol. The monoisotopic (exact) mass is 216 g/mol. The zero-order valence-electron chi connectivity index (χ0n) is 9.52. The molecule has 84 valence electrons. The van der Waals surface area contributed by atoms with Gasteiger partial charge in [0.05, 0.1) is 12.5 Å². The summed E-state index contributed by atoms with van der Waals surface area (Å²) in [5, 5.41) is 8.55. The number of carbonyl (C=O) groups is 1. The van der Waals surface area contributed by atoms with Crippen molar-refractivity contribution in [2.24, 2.45) is 0 Å². The lowest BCUT2D eigenvalue weighted by molar-refractivity contribution is -0.131. The molecule has 1 rings (SSSR count). The van der Waals surface area contributed by atoms with Gasteiger partial charge in [-0.25, -0.2) is 0 Å². The molecule has 3 nitrogen and oxygen atoms in total. The Kier molecular flexibility index (Phi) is 5.07. The van der Waals surface area contributed by atoms with E-state index in [1.165, 1.54) is 0 Å². The summed E-state index contributed by atoms with van der Waals surface area (Å²) in [7, 11) is 0. The summed E-state index contributed by atoms with van der Waals surface area (Å²) in [6.07, 6.45) is 0.872. The van der Waals surface area contributed by atoms with E-state index in [2.05, 4.69) is 6.07 Å². The van der Waals surface area contributed by atoms with Crippen molar-refractivity contribution in [3.63, 3.8) is 0 Å². The second-order valence-corrected chi connectivity index (χ2v) is 3.56. The molecule has 1 aromatic carbocycles. The van der Waals surface area contributed by atoms with Crippen molar-refractivity contribution in [1.82, 2.24) is 4.90 Å². The van der Waals surface area contributed by atoms with E-state index in [0.717, 1.165) is 5.56 Å². The third-order valence-corrected chi connectivity index (χ3v) is 2.36. The van der Waals surface area contributed by atoms with E-state index in [-0.39, 0.29) is 5.91 Å². The summed E-state index contributed by atoms with van der Waals surface area (Å²) in [5.41, 5.74) is 1.10. The maximum atomic E-state index is 11.6. The van der Waals surface area contributed by atoms with Gasteiger partial charge in [0, 0.05) is 19.5 Å². The van der Waals surface area contributed by atoms with Crippen LogP contribution >= 0.6 is 0 Å². The molecule has 0 heterocycles. The van der Waals surface area contributed by atoms with Crippen molar-refractivity contribution >= 4 is 5.91 Å². The lowest BCUT2D eigenvalue weighted by Crippen LogP contribution is -2.30. The van der Waals surface area contributed by atoms with Crippen LogP contribution in [-0.2, 0) is 11.3 Å². The Bertz CT molecular complexity index is 367. The predicted molar refractivity (Wildman–Crippen MR) is 62.4 cm³/mol. The molecule has 0 unspecified atom stereocenters. The Balaban J connectivity index is 2.64. The molecule has 3 heteroatoms. The van der Waals surface area contributed by atoms with Gasteiger partial charge >= 0.3 is 0 Å². The number of nitriles is 1. The first-order valence-electron chi connectivity index (χ1n) is 5.46. The van der Waals surface area contributed by atoms with Crippen LogP contribution < -0.4 is 0 Å². The number of benzene rings is 1. The molecule has 16 heavy (non-hydrogen) atoms. The normalized spacial score (nSPS) is 9.50. The molecule has 1 amide bonds. The van der Waals surface area contributed by atoms with Gasteiger partial charge < -0.3 is 4.90 Å². The van der Waals surface area contributed by atoms with Gasteiger partial charge in [-0.15, -0.1) is 0 Å². The van der Waals surface area contributed by atoms with Gasteiger partial charge in [-0.1, -0.05) is 37.3 Å². The van der Waals surface area contributed by atoms with E-state index < -0.39 is 0 Å². The predicted octanol–water partition coefficient (Wildman–Crippen LogP) is 2.34. The second kappa shape index (κ2) is 6.62. The summed E-state index contributed by atoms with van der Waals surface area (Å²) >= 11 is 0. The third kappa shape index (κ3) is 3.74. The zero-order chi connectivity index (χ0) is 11.8. The molecule has 0 aromatic heterocycles. The fourth-order valence-corrected chi connectivity index (χ4v) is 1.50. The van der Waals surface area contributed by atoms with Gasteiger partial charge in [-0.05, 0) is 5.56 Å². The maximum Gasteiger partial charge on any atom is 0.222 e. The van der Waals surface area contributed by atoms with Gasteiger partial charge in [-0.2, -0.15) is 5.26 Å². The molecule has 0 aliphatic carbocycles. The molecule has 0 atom stereocenters. The standard InChI is InChI=1S/C13H16N2O/c1-2-13(16)15(10-6-9-14)11-12-7-4-3-5-8-12/h3-5,7-8H,2,6,10-11H2,1H3. The van der Waals surface area contributed by atoms with Gasteiger partial charge in [0.25, 0.3) is 0 Å². The molecule has 0 radical (unpaired) electrons. The Morgan fingerprint density at radius 3 is 2.62 bits per heavy atom. The summed E-state index contributed by atoms with van der Waals surface area (Å²) in [5.74, 6) is 0.0964. The molecule has 0 spiro atoms. The Labute approximate surface area is 96.3 Å². The van der Waals surface area contributed by atoms with E-state index in [0.29, 0.717) is 25.9 Å². The van der Waals surface area contributed by atoms with E-state index in [1.807, 2.05) is 37.3 Å². The molecule has 0 aliphatic heterocycles. The number of nitrogens with zero attached hydrogens (tertiary/aromatic N) is 2. The van der Waals surface area contributed by atoms with Crippen LogP contribution in [0.15, 0.2) is 30.3 Å². The molecule has 0 saturated carbocycles. The van der Waals surface area contributed by atoms with Crippen LogP contribution in [0.3, 0.4) is 0 Å². The minimum Gasteiger partial charge on any atom is -0.337 e. The minimum atomic E-state index is 0.0964. The van der Waals surface area contributed by atoms with Gasteiger partial charge in [0.2, 0.25) is 5.91 Å². The fraction of sp³-hybridized carbons (Fsp3) is 0.385. The lowest BCUT2D eigenvalue weighted by Gasteiger charge is -2.21. The number of hydrogen-bond donors (Lipinski definition) is 0. The van der Waals surface area contributed by atoms with Crippen LogP contribution in [-0.4, -0.2) is 17.4 Å². The molecule has 0 N–H and O–H groups in total. The van der Waals surface area contributed by atoms with Gasteiger partial charge in [0.1, 0.15) is 0 Å². The van der Waals surface area contributed by atoms with Gasteiger partial charge in [0.15, 0.2) is 0 Å². The minimum absolute atomic E-state index is 0.0964. The van der Waals surface area contributed by atoms with Crippen molar-refractivity contribution in [2.45, 2.75) is 26.3 Å². The molecule has 1 aromatic rings. The van der Waals surface area contributed by atoms with Crippen LogP contribution in [0.2, 0.25) is 0 Å². The highest BCUT2D eigenvalue weighted by Gasteiger charge is 2.10. The fourth-order valence-electron chi connectivity index (χ4n) is 1.50. The lowest BCUT2D eigenvalue weighted by atomic mass is 10.2. The highest BCUT2D eigenvalue weighted by molar-refractivity contribution is 5.75. The molecular formula is C13H16N2O. The van der Waals surface area contributed by atoms with E-state index in [4.69, 9.17) is 5.26 Å². The van der Waals surface area contributed by atoms with Crippen molar-refractivity contribution in [3.05, 3.63) is 35.9 Å². The van der Waals surface area contributed by atoms with Crippen LogP contribution in [0.4, 0.5) is 0 Å². The first-order valence-corrected chi connectivity index (χ1v) is 5.46. The van der Waals surface area contributed by atoms with Crippen LogP contribution in [0.1, 0.15) is 25.3 Å². The highest BCUT2D eigenvalue weighted by Crippen LogP contribution is 2.06. The Morgan fingerprint density at radius 2 is 2.06 bits per heavy atom. The number of carbonyl (C=O) groups excluding carboxylic acids is 1. The Morgan fingerprint density at radius 1 is 1.38 bits per heavy atom. The van der Waals surface area contributed by atoms with Crippen molar-refractivity contribution in [2.75, 3.05) is 6.54 Å². The third-order valence-electron chi connectivity index (χ3n) is 2.36. The molecule has 0 aliphatic rings. The molecule has 0 fully saturated rings. The number of amides is 1. The summed E-state index contributed by atoms with van der Waals surface area (Å²) < 4.78 is 0. The first kappa shape index (κ1) is 12.3. The number of hydrogen-bond acceptors (Lipinski definition) is 2. The zero-order valence-corrected chi connectivity index (χ0v) is 9.52. The summed E-state index contributed by atoms with van der Waals surface area (Å²) in [6.45, 7) is 2.94. The van der Waals surface area contributed by atoms with E-state index in [9.17, 15) is 4.79 Å². The number of rotatable bonds is 5. The first-order chi connectivity index (χ1) is 7.77. The molecule has 0 saturated heterocycles. The van der Waals surface area contributed by atoms with Crippen LogP contribution in [0.5, 0.6) is 0 Å².